The summed E-state index contributed by atoms with van der Waals surface area (Å²) >= 11 is 0. The van der Waals surface area contributed by atoms with Crippen LogP contribution in [0, 0.1) is 5.92 Å². The Hall–Kier alpha value is -2.63. The van der Waals surface area contributed by atoms with E-state index >= 15 is 0 Å². The van der Waals surface area contributed by atoms with Crippen LogP contribution >= 0.6 is 0 Å². The molecule has 1 atom stereocenters. The van der Waals surface area contributed by atoms with Gasteiger partial charge in [0.15, 0.2) is 11.5 Å². The van der Waals surface area contributed by atoms with E-state index in [4.69, 9.17) is 0 Å². The van der Waals surface area contributed by atoms with Gasteiger partial charge in [0.2, 0.25) is 0 Å². The van der Waals surface area contributed by atoms with Crippen LogP contribution in [-0.2, 0) is 19.4 Å². The molecule has 3 heterocycles. The number of amides is 2. The third-order valence-corrected chi connectivity index (χ3v) is 6.09. The Labute approximate surface area is 172 Å². The lowest BCUT2D eigenvalue weighted by atomic mass is 10.0. The third-order valence-electron chi connectivity index (χ3n) is 6.09. The van der Waals surface area contributed by atoms with E-state index in [9.17, 15) is 9.59 Å². The van der Waals surface area contributed by atoms with Crippen molar-refractivity contribution < 1.29 is 9.59 Å². The van der Waals surface area contributed by atoms with Crippen LogP contribution < -0.4 is 5.32 Å². The predicted octanol–water partition coefficient (Wildman–Crippen LogP) is 3.91. The molecule has 6 nitrogen and oxygen atoms in total. The zero-order valence-corrected chi connectivity index (χ0v) is 17.4. The molecule has 1 saturated heterocycles. The number of likely N-dealkylation sites (tertiary alicyclic amines) is 1. The Morgan fingerprint density at radius 2 is 1.93 bits per heavy atom. The number of imidazole rings is 1. The van der Waals surface area contributed by atoms with Crippen LogP contribution in [0.25, 0.3) is 0 Å². The zero-order valence-electron chi connectivity index (χ0n) is 17.4. The van der Waals surface area contributed by atoms with Crippen LogP contribution in [0.4, 0.5) is 5.69 Å². The van der Waals surface area contributed by atoms with Crippen molar-refractivity contribution in [1.29, 1.82) is 0 Å². The van der Waals surface area contributed by atoms with E-state index in [1.807, 2.05) is 33.7 Å². The number of hydrogen-bond acceptors (Lipinski definition) is 3. The SMILES string of the molecule is CCc1ccc(NC(=O)c2nc(C(=O)N3CCCC(C)C3)n3c2CCCC3)cc1. The van der Waals surface area contributed by atoms with Gasteiger partial charge in [-0.1, -0.05) is 26.0 Å². The molecular weight excluding hydrogens is 364 g/mol. The number of carbonyl (C=O) groups is 2. The van der Waals surface area contributed by atoms with Crippen molar-refractivity contribution in [1.82, 2.24) is 14.5 Å². The quantitative estimate of drug-likeness (QED) is 0.855. The lowest BCUT2D eigenvalue weighted by Crippen LogP contribution is -2.40. The summed E-state index contributed by atoms with van der Waals surface area (Å²) < 4.78 is 1.99. The van der Waals surface area contributed by atoms with Gasteiger partial charge in [0.1, 0.15) is 0 Å². The fraction of sp³-hybridized carbons (Fsp3) is 0.522. The van der Waals surface area contributed by atoms with Crippen LogP contribution in [-0.4, -0.2) is 39.4 Å². The normalized spacial score (nSPS) is 19.0. The van der Waals surface area contributed by atoms with E-state index in [1.165, 1.54) is 5.56 Å². The van der Waals surface area contributed by atoms with Gasteiger partial charge >= 0.3 is 0 Å². The second kappa shape index (κ2) is 8.39. The van der Waals surface area contributed by atoms with E-state index in [2.05, 4.69) is 24.1 Å². The van der Waals surface area contributed by atoms with E-state index in [0.29, 0.717) is 17.4 Å². The highest BCUT2D eigenvalue weighted by Crippen LogP contribution is 2.25. The van der Waals surface area contributed by atoms with E-state index < -0.39 is 0 Å². The molecule has 0 aliphatic carbocycles. The molecule has 2 aliphatic rings. The maximum atomic E-state index is 13.2. The number of aromatic nitrogens is 2. The zero-order chi connectivity index (χ0) is 20.4. The van der Waals surface area contributed by atoms with E-state index in [1.54, 1.807) is 0 Å². The highest BCUT2D eigenvalue weighted by atomic mass is 16.2. The average molecular weight is 395 g/mol. The second-order valence-electron chi connectivity index (χ2n) is 8.34. The van der Waals surface area contributed by atoms with Crippen molar-refractivity contribution in [3.63, 3.8) is 0 Å². The predicted molar refractivity (Wildman–Crippen MR) is 113 cm³/mol. The standard InChI is InChI=1S/C23H30N4O2/c1-3-17-9-11-18(12-10-17)24-22(28)20-19-8-4-5-14-27(19)21(25-20)23(29)26-13-6-7-16(2)15-26/h9-12,16H,3-8,13-15H2,1-2H3,(H,24,28). The fourth-order valence-electron chi connectivity index (χ4n) is 4.42. The van der Waals surface area contributed by atoms with Gasteiger partial charge in [-0.15, -0.1) is 0 Å². The number of rotatable bonds is 4. The van der Waals surface area contributed by atoms with Crippen LogP contribution in [0.5, 0.6) is 0 Å². The minimum Gasteiger partial charge on any atom is -0.336 e. The topological polar surface area (TPSA) is 67.2 Å². The summed E-state index contributed by atoms with van der Waals surface area (Å²) in [7, 11) is 0. The molecule has 2 amide bonds. The highest BCUT2D eigenvalue weighted by Gasteiger charge is 2.31. The Morgan fingerprint density at radius 3 is 2.66 bits per heavy atom. The highest BCUT2D eigenvalue weighted by molar-refractivity contribution is 6.05. The summed E-state index contributed by atoms with van der Waals surface area (Å²) in [5.41, 5.74) is 3.28. The Bertz CT molecular complexity index is 900. The number of hydrogen-bond donors (Lipinski definition) is 1. The van der Waals surface area contributed by atoms with Crippen LogP contribution in [0.15, 0.2) is 24.3 Å². The summed E-state index contributed by atoms with van der Waals surface area (Å²) in [5, 5.41) is 2.96. The van der Waals surface area contributed by atoms with Crippen molar-refractivity contribution >= 4 is 17.5 Å². The van der Waals surface area contributed by atoms with Gasteiger partial charge in [0, 0.05) is 25.3 Å². The maximum absolute atomic E-state index is 13.2. The van der Waals surface area contributed by atoms with Gasteiger partial charge in [-0.3, -0.25) is 9.59 Å². The molecule has 2 aliphatic heterocycles. The van der Waals surface area contributed by atoms with Gasteiger partial charge in [-0.05, 0) is 62.1 Å². The number of nitrogens with zero attached hydrogens (tertiary/aromatic N) is 3. The van der Waals surface area contributed by atoms with Crippen molar-refractivity contribution in [3.05, 3.63) is 47.0 Å². The number of aryl methyl sites for hydroxylation is 1. The molecule has 29 heavy (non-hydrogen) atoms. The number of benzene rings is 1. The minimum absolute atomic E-state index is 0.0361. The molecule has 2 aromatic rings. The van der Waals surface area contributed by atoms with Gasteiger partial charge in [-0.2, -0.15) is 0 Å². The number of fused-ring (bicyclic) bond motifs is 1. The molecule has 1 aromatic carbocycles. The Kier molecular flexibility index (Phi) is 5.69. The lowest BCUT2D eigenvalue weighted by Gasteiger charge is -2.31. The van der Waals surface area contributed by atoms with Crippen molar-refractivity contribution in [2.75, 3.05) is 18.4 Å². The summed E-state index contributed by atoms with van der Waals surface area (Å²) in [6, 6.07) is 7.87. The smallest absolute Gasteiger partial charge is 0.289 e. The summed E-state index contributed by atoms with van der Waals surface area (Å²) in [4.78, 5) is 32.7. The largest absolute Gasteiger partial charge is 0.336 e. The minimum atomic E-state index is -0.231. The molecule has 1 aromatic heterocycles. The molecule has 1 N–H and O–H groups in total. The lowest BCUT2D eigenvalue weighted by molar-refractivity contribution is 0.0664. The third kappa shape index (κ3) is 4.07. The molecule has 1 unspecified atom stereocenters. The second-order valence-corrected chi connectivity index (χ2v) is 8.34. The van der Waals surface area contributed by atoms with E-state index in [-0.39, 0.29) is 11.8 Å². The maximum Gasteiger partial charge on any atom is 0.289 e. The summed E-state index contributed by atoms with van der Waals surface area (Å²) in [5.74, 6) is 0.676. The van der Waals surface area contributed by atoms with E-state index in [0.717, 1.165) is 69.5 Å². The first-order valence-corrected chi connectivity index (χ1v) is 10.9. The van der Waals surface area contributed by atoms with Crippen LogP contribution in [0.1, 0.15) is 71.9 Å². The van der Waals surface area contributed by atoms with Crippen LogP contribution in [0.3, 0.4) is 0 Å². The van der Waals surface area contributed by atoms with Crippen molar-refractivity contribution in [3.8, 4) is 0 Å². The van der Waals surface area contributed by atoms with Gasteiger partial charge < -0.3 is 14.8 Å². The average Bonchev–Trinajstić information content (AvgIpc) is 3.13. The number of anilines is 1. The van der Waals surface area contributed by atoms with Crippen molar-refractivity contribution in [2.45, 2.75) is 58.9 Å². The Morgan fingerprint density at radius 1 is 1.14 bits per heavy atom. The first-order valence-electron chi connectivity index (χ1n) is 10.9. The summed E-state index contributed by atoms with van der Waals surface area (Å²) in [6.45, 7) is 6.59. The molecule has 4 rings (SSSR count). The molecule has 154 valence electrons. The molecule has 1 fully saturated rings. The van der Waals surface area contributed by atoms with Crippen molar-refractivity contribution in [2.24, 2.45) is 5.92 Å². The van der Waals surface area contributed by atoms with Gasteiger partial charge in [0.25, 0.3) is 11.8 Å². The molecule has 0 saturated carbocycles. The molecule has 0 bridgehead atoms. The first-order chi connectivity index (χ1) is 14.1. The molecular formula is C23H30N4O2. The number of nitrogens with one attached hydrogen (secondary N) is 1. The number of piperidine rings is 1. The molecule has 6 heteroatoms. The monoisotopic (exact) mass is 394 g/mol. The molecule has 0 spiro atoms. The first kappa shape index (κ1) is 19.7. The summed E-state index contributed by atoms with van der Waals surface area (Å²) in [6.07, 6.45) is 5.97. The number of carbonyl (C=O) groups excluding carboxylic acids is 2. The fourth-order valence-corrected chi connectivity index (χ4v) is 4.42. The molecule has 0 radical (unpaired) electrons. The van der Waals surface area contributed by atoms with Gasteiger partial charge in [-0.25, -0.2) is 4.98 Å². The Balaban J connectivity index is 1.60. The van der Waals surface area contributed by atoms with Gasteiger partial charge in [0.05, 0.1) is 5.69 Å². The van der Waals surface area contributed by atoms with Crippen LogP contribution in [0.2, 0.25) is 0 Å².